The number of carbonyl (C=O) groups excluding carboxylic acids is 1. The highest BCUT2D eigenvalue weighted by molar-refractivity contribution is 7.99. The fourth-order valence-corrected chi connectivity index (χ4v) is 6.98. The van der Waals surface area contributed by atoms with Crippen molar-refractivity contribution in [3.05, 3.63) is 81.3 Å². The van der Waals surface area contributed by atoms with Gasteiger partial charge >= 0.3 is 0 Å². The van der Waals surface area contributed by atoms with E-state index in [0.717, 1.165) is 60.3 Å². The second-order valence-corrected chi connectivity index (χ2v) is 11.9. The molecule has 1 unspecified atom stereocenters. The molecule has 1 aliphatic heterocycles. The third-order valence-corrected chi connectivity index (χ3v) is 9.42. The minimum atomic E-state index is -0.0181. The summed E-state index contributed by atoms with van der Waals surface area (Å²) in [7, 11) is 0. The monoisotopic (exact) mass is 529 g/mol. The first-order chi connectivity index (χ1) is 18.7. The van der Waals surface area contributed by atoms with Gasteiger partial charge in [0.15, 0.2) is 5.16 Å². The molecule has 2 aromatic carbocycles. The van der Waals surface area contributed by atoms with Crippen LogP contribution in [0, 0.1) is 5.92 Å². The van der Waals surface area contributed by atoms with E-state index < -0.39 is 0 Å². The van der Waals surface area contributed by atoms with Crippen LogP contribution >= 0.6 is 11.8 Å². The molecule has 38 heavy (non-hydrogen) atoms. The zero-order valence-electron chi connectivity index (χ0n) is 21.8. The van der Waals surface area contributed by atoms with Crippen LogP contribution in [0.3, 0.4) is 0 Å². The summed E-state index contributed by atoms with van der Waals surface area (Å²) in [6.45, 7) is 2.18. The van der Waals surface area contributed by atoms with Crippen LogP contribution in [-0.4, -0.2) is 33.7 Å². The molecular weight excluding hydrogens is 494 g/mol. The largest absolute Gasteiger partial charge is 0.493 e. The summed E-state index contributed by atoms with van der Waals surface area (Å²) in [4.78, 5) is 32.0. The molecule has 1 fully saturated rings. The summed E-state index contributed by atoms with van der Waals surface area (Å²) in [6.07, 6.45) is 7.89. The number of hydrogen-bond acceptors (Lipinski definition) is 6. The van der Waals surface area contributed by atoms with Crippen LogP contribution in [0.25, 0.3) is 5.69 Å². The van der Waals surface area contributed by atoms with Crippen LogP contribution < -0.4 is 15.6 Å². The Kier molecular flexibility index (Phi) is 7.65. The van der Waals surface area contributed by atoms with E-state index in [4.69, 9.17) is 9.72 Å². The molecule has 2 heterocycles. The number of aromatic nitrogens is 2. The third-order valence-electron chi connectivity index (χ3n) is 8.13. The van der Waals surface area contributed by atoms with Crippen molar-refractivity contribution in [1.29, 1.82) is 0 Å². The highest BCUT2D eigenvalue weighted by Crippen LogP contribution is 2.36. The molecule has 6 nitrogen and oxygen atoms in total. The number of nitrogens with one attached hydrogen (secondary N) is 1. The number of Topliss-reactive ketones (excluding diaryl/α,β-unsaturated/α-hetero) is 1. The molecule has 0 radical (unpaired) electrons. The lowest BCUT2D eigenvalue weighted by Crippen LogP contribution is -2.28. The topological polar surface area (TPSA) is 73.2 Å². The van der Waals surface area contributed by atoms with Crippen LogP contribution in [0.1, 0.15) is 60.9 Å². The predicted molar refractivity (Wildman–Crippen MR) is 150 cm³/mol. The van der Waals surface area contributed by atoms with Crippen LogP contribution in [0.4, 0.5) is 0 Å². The highest BCUT2D eigenvalue weighted by Gasteiger charge is 2.28. The van der Waals surface area contributed by atoms with E-state index >= 15 is 0 Å². The molecule has 1 atom stereocenters. The van der Waals surface area contributed by atoms with E-state index in [2.05, 4.69) is 17.4 Å². The Morgan fingerprint density at radius 1 is 1.05 bits per heavy atom. The van der Waals surface area contributed by atoms with Crippen LogP contribution in [0.5, 0.6) is 5.75 Å². The number of carbonyl (C=O) groups is 1. The first kappa shape index (κ1) is 25.4. The molecule has 3 aliphatic rings. The number of para-hydroxylation sites is 1. The maximum absolute atomic E-state index is 13.8. The Balaban J connectivity index is 1.10. The van der Waals surface area contributed by atoms with E-state index in [1.807, 2.05) is 36.4 Å². The predicted octanol–water partition coefficient (Wildman–Crippen LogP) is 5.06. The maximum Gasteiger partial charge on any atom is 0.262 e. The van der Waals surface area contributed by atoms with Gasteiger partial charge < -0.3 is 10.1 Å². The number of rotatable bonds is 9. The van der Waals surface area contributed by atoms with Crippen molar-refractivity contribution in [2.24, 2.45) is 5.92 Å². The van der Waals surface area contributed by atoms with E-state index in [-0.39, 0.29) is 11.5 Å². The Morgan fingerprint density at radius 3 is 2.71 bits per heavy atom. The van der Waals surface area contributed by atoms with Gasteiger partial charge in [-0.1, -0.05) is 48.5 Å². The molecule has 198 valence electrons. The third kappa shape index (κ3) is 5.45. The lowest BCUT2D eigenvalue weighted by molar-refractivity contribution is -0.123. The van der Waals surface area contributed by atoms with Gasteiger partial charge in [-0.2, -0.15) is 0 Å². The van der Waals surface area contributed by atoms with Crippen molar-refractivity contribution in [2.75, 3.05) is 13.2 Å². The van der Waals surface area contributed by atoms with Gasteiger partial charge in [-0.15, -0.1) is 0 Å². The summed E-state index contributed by atoms with van der Waals surface area (Å²) in [6, 6.07) is 16.2. The summed E-state index contributed by atoms with van der Waals surface area (Å²) < 4.78 is 7.39. The quantitative estimate of drug-likeness (QED) is 0.237. The minimum absolute atomic E-state index is 0.0181. The molecule has 0 spiro atoms. The Morgan fingerprint density at radius 2 is 1.89 bits per heavy atom. The summed E-state index contributed by atoms with van der Waals surface area (Å²) in [5.74, 6) is 1.27. The van der Waals surface area contributed by atoms with Gasteiger partial charge in [0.05, 0.1) is 18.0 Å². The first-order valence-electron chi connectivity index (χ1n) is 14.0. The van der Waals surface area contributed by atoms with Crippen molar-refractivity contribution in [3.8, 4) is 11.4 Å². The smallest absolute Gasteiger partial charge is 0.262 e. The number of thioether (sulfide) groups is 1. The van der Waals surface area contributed by atoms with Crippen LogP contribution in [0.2, 0.25) is 0 Å². The van der Waals surface area contributed by atoms with Gasteiger partial charge in [-0.05, 0) is 67.9 Å². The lowest BCUT2D eigenvalue weighted by atomic mass is 9.93. The number of hydrogen-bond donors (Lipinski definition) is 1. The van der Waals surface area contributed by atoms with E-state index in [1.54, 1.807) is 16.3 Å². The van der Waals surface area contributed by atoms with Crippen molar-refractivity contribution in [1.82, 2.24) is 14.9 Å². The van der Waals surface area contributed by atoms with Gasteiger partial charge in [0.2, 0.25) is 0 Å². The SMILES string of the molecule is O=C(CCNCc1ccc2c(c1)CCO2)C1CCc2nc(SC3CCC3)n(-c3ccccc3)c(=O)c2CC1. The molecular formula is C31H35N3O3S. The molecule has 0 amide bonds. The number of nitrogens with zero attached hydrogens (tertiary/aromatic N) is 2. The number of fused-ring (bicyclic) bond motifs is 2. The number of ketones is 1. The first-order valence-corrected chi connectivity index (χ1v) is 14.9. The summed E-state index contributed by atoms with van der Waals surface area (Å²) >= 11 is 1.74. The highest BCUT2D eigenvalue weighted by atomic mass is 32.2. The zero-order valence-corrected chi connectivity index (χ0v) is 22.6. The van der Waals surface area contributed by atoms with Gasteiger partial charge in [-0.3, -0.25) is 14.2 Å². The molecule has 0 bridgehead atoms. The van der Waals surface area contributed by atoms with Crippen molar-refractivity contribution in [2.45, 2.75) is 74.7 Å². The van der Waals surface area contributed by atoms with Crippen LogP contribution in [0.15, 0.2) is 58.5 Å². The Labute approximate surface area is 228 Å². The number of benzene rings is 2. The number of ether oxygens (including phenoxy) is 1. The molecule has 0 saturated heterocycles. The lowest BCUT2D eigenvalue weighted by Gasteiger charge is -2.26. The molecule has 7 heteroatoms. The second-order valence-electron chi connectivity index (χ2n) is 10.7. The Bertz CT molecular complexity index is 1370. The van der Waals surface area contributed by atoms with E-state index in [9.17, 15) is 9.59 Å². The van der Waals surface area contributed by atoms with Gasteiger partial charge in [0.25, 0.3) is 5.56 Å². The minimum Gasteiger partial charge on any atom is -0.493 e. The Hall–Kier alpha value is -2.90. The fourth-order valence-electron chi connectivity index (χ4n) is 5.65. The van der Waals surface area contributed by atoms with Crippen molar-refractivity contribution >= 4 is 17.5 Å². The second kappa shape index (κ2) is 11.5. The van der Waals surface area contributed by atoms with Crippen molar-refractivity contribution < 1.29 is 9.53 Å². The molecule has 1 N–H and O–H groups in total. The molecule has 3 aromatic rings. The average Bonchev–Trinajstić information content (AvgIpc) is 3.27. The van der Waals surface area contributed by atoms with Crippen molar-refractivity contribution in [3.63, 3.8) is 0 Å². The molecule has 1 saturated carbocycles. The van der Waals surface area contributed by atoms with Gasteiger partial charge in [0, 0.05) is 42.7 Å². The van der Waals surface area contributed by atoms with E-state index in [1.165, 1.54) is 30.4 Å². The molecule has 2 aliphatic carbocycles. The molecule has 6 rings (SSSR count). The average molecular weight is 530 g/mol. The van der Waals surface area contributed by atoms with E-state index in [0.29, 0.717) is 36.8 Å². The van der Waals surface area contributed by atoms with Gasteiger partial charge in [0.1, 0.15) is 11.5 Å². The normalized spacial score (nSPS) is 18.7. The summed E-state index contributed by atoms with van der Waals surface area (Å²) in [5.41, 5.74) is 5.10. The van der Waals surface area contributed by atoms with Gasteiger partial charge in [-0.25, -0.2) is 4.98 Å². The summed E-state index contributed by atoms with van der Waals surface area (Å²) in [5, 5.41) is 4.77. The molecule has 1 aromatic heterocycles. The fraction of sp³-hybridized carbons (Fsp3) is 0.452. The van der Waals surface area contributed by atoms with Crippen LogP contribution in [-0.2, 0) is 30.6 Å². The standard InChI is InChI=1S/C31H35N3O3S/c35-28(15-17-32-20-21-9-14-29-23(19-21)16-18-37-29)22-10-12-26-27(13-11-22)33-31(38-25-7-4-8-25)34(30(26)36)24-5-2-1-3-6-24/h1-3,5-6,9,14,19,22,25,32H,4,7-8,10-13,15-18,20H2. The zero-order chi connectivity index (χ0) is 25.9. The number of aryl methyl sites for hydroxylation is 1. The maximum atomic E-state index is 13.8.